The Hall–Kier alpha value is -0.570. The Morgan fingerprint density at radius 2 is 2.27 bits per heavy atom. The van der Waals surface area contributed by atoms with Crippen molar-refractivity contribution in [1.29, 1.82) is 0 Å². The number of likely N-dealkylation sites (tertiary alicyclic amines) is 1. The summed E-state index contributed by atoms with van der Waals surface area (Å²) < 4.78 is 0. The molecule has 1 atom stereocenters. The summed E-state index contributed by atoms with van der Waals surface area (Å²) in [6, 6.07) is 0. The Kier molecular flexibility index (Phi) is 5.69. The number of nitrogens with zero attached hydrogens (tertiary/aromatic N) is 1. The molecule has 1 heterocycles. The molecule has 1 amide bonds. The van der Waals surface area contributed by atoms with E-state index in [2.05, 4.69) is 6.92 Å². The van der Waals surface area contributed by atoms with E-state index < -0.39 is 0 Å². The minimum absolute atomic E-state index is 0.221. The van der Waals surface area contributed by atoms with Crippen molar-refractivity contribution in [2.24, 2.45) is 5.92 Å². The van der Waals surface area contributed by atoms with Gasteiger partial charge >= 0.3 is 0 Å². The molecule has 88 valence electrons. The number of carbonyl (C=O) groups is 1. The first kappa shape index (κ1) is 12.5. The zero-order valence-corrected chi connectivity index (χ0v) is 9.74. The molecule has 1 fully saturated rings. The van der Waals surface area contributed by atoms with Crippen molar-refractivity contribution >= 4 is 5.91 Å². The normalized spacial score (nSPS) is 21.7. The minimum Gasteiger partial charge on any atom is -0.396 e. The molecule has 1 saturated heterocycles. The van der Waals surface area contributed by atoms with E-state index in [1.54, 1.807) is 0 Å². The van der Waals surface area contributed by atoms with Gasteiger partial charge in [-0.3, -0.25) is 4.79 Å². The van der Waals surface area contributed by atoms with Crippen LogP contribution in [-0.4, -0.2) is 35.6 Å². The molecule has 0 aromatic carbocycles. The van der Waals surface area contributed by atoms with Crippen LogP contribution in [0.3, 0.4) is 0 Å². The van der Waals surface area contributed by atoms with E-state index >= 15 is 0 Å². The molecule has 0 bridgehead atoms. The average Bonchev–Trinajstić information content (AvgIpc) is 2.29. The summed E-state index contributed by atoms with van der Waals surface area (Å²) in [6.45, 7) is 4.02. The number of hydrogen-bond donors (Lipinski definition) is 1. The molecule has 3 heteroatoms. The van der Waals surface area contributed by atoms with E-state index in [1.165, 1.54) is 0 Å². The molecule has 1 aliphatic heterocycles. The van der Waals surface area contributed by atoms with E-state index in [1.807, 2.05) is 4.90 Å². The fraction of sp³-hybridized carbons (Fsp3) is 0.917. The largest absolute Gasteiger partial charge is 0.396 e. The zero-order valence-electron chi connectivity index (χ0n) is 9.74. The van der Waals surface area contributed by atoms with Gasteiger partial charge in [-0.1, -0.05) is 19.8 Å². The summed E-state index contributed by atoms with van der Waals surface area (Å²) in [7, 11) is 0. The first-order valence-corrected chi connectivity index (χ1v) is 6.16. The van der Waals surface area contributed by atoms with Gasteiger partial charge in [0, 0.05) is 26.1 Å². The number of hydrogen-bond acceptors (Lipinski definition) is 2. The van der Waals surface area contributed by atoms with Crippen molar-refractivity contribution in [3.8, 4) is 0 Å². The van der Waals surface area contributed by atoms with Gasteiger partial charge in [-0.25, -0.2) is 0 Å². The number of piperidine rings is 1. The fourth-order valence-electron chi connectivity index (χ4n) is 2.12. The van der Waals surface area contributed by atoms with Gasteiger partial charge in [-0.15, -0.1) is 0 Å². The SMILES string of the molecule is CCCCCC(=O)N1CCCC(CO)C1. The van der Waals surface area contributed by atoms with Crippen molar-refractivity contribution in [3.05, 3.63) is 0 Å². The Bertz CT molecular complexity index is 194. The first-order valence-electron chi connectivity index (χ1n) is 6.16. The van der Waals surface area contributed by atoms with Crippen LogP contribution in [0.4, 0.5) is 0 Å². The highest BCUT2D eigenvalue weighted by Crippen LogP contribution is 2.17. The maximum atomic E-state index is 11.8. The molecule has 0 radical (unpaired) electrons. The number of amides is 1. The van der Waals surface area contributed by atoms with Crippen LogP contribution in [0.1, 0.15) is 45.4 Å². The van der Waals surface area contributed by atoms with Crippen molar-refractivity contribution in [2.75, 3.05) is 19.7 Å². The van der Waals surface area contributed by atoms with Crippen LogP contribution < -0.4 is 0 Å². The molecule has 0 aromatic heterocycles. The van der Waals surface area contributed by atoms with E-state index in [0.717, 1.165) is 45.2 Å². The van der Waals surface area contributed by atoms with Crippen LogP contribution in [0, 0.1) is 5.92 Å². The van der Waals surface area contributed by atoms with Gasteiger partial charge in [0.1, 0.15) is 0 Å². The third-order valence-electron chi connectivity index (χ3n) is 3.12. The van der Waals surface area contributed by atoms with Gasteiger partial charge in [0.15, 0.2) is 0 Å². The quantitative estimate of drug-likeness (QED) is 0.707. The van der Waals surface area contributed by atoms with Crippen molar-refractivity contribution < 1.29 is 9.90 Å². The van der Waals surface area contributed by atoms with Crippen molar-refractivity contribution in [3.63, 3.8) is 0 Å². The predicted molar refractivity (Wildman–Crippen MR) is 60.5 cm³/mol. The van der Waals surface area contributed by atoms with Gasteiger partial charge in [0.25, 0.3) is 0 Å². The summed E-state index contributed by atoms with van der Waals surface area (Å²) in [6.07, 6.45) is 6.11. The summed E-state index contributed by atoms with van der Waals surface area (Å²) in [5.74, 6) is 0.593. The second-order valence-electron chi connectivity index (χ2n) is 4.49. The summed E-state index contributed by atoms with van der Waals surface area (Å²) in [5, 5.41) is 9.07. The van der Waals surface area contributed by atoms with Gasteiger partial charge in [0.2, 0.25) is 5.91 Å². The van der Waals surface area contributed by atoms with Crippen LogP contribution in [0.5, 0.6) is 0 Å². The van der Waals surface area contributed by atoms with Gasteiger partial charge in [-0.2, -0.15) is 0 Å². The summed E-state index contributed by atoms with van der Waals surface area (Å²) in [4.78, 5) is 13.7. The van der Waals surface area contributed by atoms with Crippen molar-refractivity contribution in [2.45, 2.75) is 45.4 Å². The number of carbonyl (C=O) groups excluding carboxylic acids is 1. The lowest BCUT2D eigenvalue weighted by atomic mass is 9.98. The molecule has 1 unspecified atom stereocenters. The number of aliphatic hydroxyl groups excluding tert-OH is 1. The lowest BCUT2D eigenvalue weighted by molar-refractivity contribution is -0.133. The molecule has 1 rings (SSSR count). The standard InChI is InChI=1S/C12H23NO2/c1-2-3-4-7-12(15)13-8-5-6-11(9-13)10-14/h11,14H,2-10H2,1H3. The Labute approximate surface area is 92.5 Å². The number of rotatable bonds is 5. The third kappa shape index (κ3) is 4.20. The second-order valence-corrected chi connectivity index (χ2v) is 4.49. The first-order chi connectivity index (χ1) is 7.27. The molecule has 0 spiro atoms. The molecule has 0 aliphatic carbocycles. The third-order valence-corrected chi connectivity index (χ3v) is 3.12. The van der Waals surface area contributed by atoms with Gasteiger partial charge in [-0.05, 0) is 25.2 Å². The summed E-state index contributed by atoms with van der Waals surface area (Å²) in [5.41, 5.74) is 0. The lowest BCUT2D eigenvalue weighted by Gasteiger charge is -2.31. The molecule has 0 saturated carbocycles. The molecule has 0 aromatic rings. The van der Waals surface area contributed by atoms with Crippen LogP contribution in [0.2, 0.25) is 0 Å². The van der Waals surface area contributed by atoms with E-state index in [-0.39, 0.29) is 12.5 Å². The Balaban J connectivity index is 2.25. The van der Waals surface area contributed by atoms with E-state index in [4.69, 9.17) is 5.11 Å². The Morgan fingerprint density at radius 1 is 1.47 bits per heavy atom. The predicted octanol–water partition coefficient (Wildman–Crippen LogP) is 1.80. The highest BCUT2D eigenvalue weighted by Gasteiger charge is 2.22. The van der Waals surface area contributed by atoms with E-state index in [0.29, 0.717) is 12.3 Å². The zero-order chi connectivity index (χ0) is 11.1. The summed E-state index contributed by atoms with van der Waals surface area (Å²) >= 11 is 0. The highest BCUT2D eigenvalue weighted by atomic mass is 16.3. The molecular weight excluding hydrogens is 190 g/mol. The highest BCUT2D eigenvalue weighted by molar-refractivity contribution is 5.76. The smallest absolute Gasteiger partial charge is 0.222 e. The fourth-order valence-corrected chi connectivity index (χ4v) is 2.12. The maximum absolute atomic E-state index is 11.8. The second kappa shape index (κ2) is 6.83. The monoisotopic (exact) mass is 213 g/mol. The molecule has 3 nitrogen and oxygen atoms in total. The van der Waals surface area contributed by atoms with Crippen LogP contribution in [0.25, 0.3) is 0 Å². The molecular formula is C12H23NO2. The van der Waals surface area contributed by atoms with Gasteiger partial charge < -0.3 is 10.0 Å². The molecule has 15 heavy (non-hydrogen) atoms. The molecule has 1 N–H and O–H groups in total. The molecule has 1 aliphatic rings. The topological polar surface area (TPSA) is 40.5 Å². The Morgan fingerprint density at radius 3 is 2.93 bits per heavy atom. The average molecular weight is 213 g/mol. The van der Waals surface area contributed by atoms with Crippen LogP contribution >= 0.6 is 0 Å². The lowest BCUT2D eigenvalue weighted by Crippen LogP contribution is -2.40. The van der Waals surface area contributed by atoms with Gasteiger partial charge in [0.05, 0.1) is 0 Å². The van der Waals surface area contributed by atoms with Crippen LogP contribution in [-0.2, 0) is 4.79 Å². The minimum atomic E-state index is 0.221. The number of unbranched alkanes of at least 4 members (excludes halogenated alkanes) is 2. The van der Waals surface area contributed by atoms with Crippen LogP contribution in [0.15, 0.2) is 0 Å². The van der Waals surface area contributed by atoms with Crippen molar-refractivity contribution in [1.82, 2.24) is 4.90 Å². The number of aliphatic hydroxyl groups is 1. The maximum Gasteiger partial charge on any atom is 0.222 e. The van der Waals surface area contributed by atoms with E-state index in [9.17, 15) is 4.79 Å².